The zero-order valence-corrected chi connectivity index (χ0v) is 19.2. The normalized spacial score (nSPS) is 13.9. The summed E-state index contributed by atoms with van der Waals surface area (Å²) in [7, 11) is -3.68. The van der Waals surface area contributed by atoms with Crippen LogP contribution in [0.25, 0.3) is 11.5 Å². The van der Waals surface area contributed by atoms with E-state index in [1.165, 1.54) is 34.1 Å². The predicted molar refractivity (Wildman–Crippen MR) is 127 cm³/mol. The molecule has 0 bridgehead atoms. The SMILES string of the molecule is Cc1ccc(-c2nnc(NC(=O)c3ccc(S(=O)(=O)N4CCc5ccccc5C4)cc3)o2)cc1. The van der Waals surface area contributed by atoms with Crippen molar-refractivity contribution < 1.29 is 17.6 Å². The Kier molecular flexibility index (Phi) is 5.72. The number of aryl methyl sites for hydroxylation is 1. The predicted octanol–water partition coefficient (Wildman–Crippen LogP) is 4.04. The first kappa shape index (κ1) is 22.0. The molecule has 1 N–H and O–H groups in total. The molecule has 0 fully saturated rings. The lowest BCUT2D eigenvalue weighted by Crippen LogP contribution is -2.35. The Hall–Kier alpha value is -3.82. The van der Waals surface area contributed by atoms with Crippen LogP contribution in [0.15, 0.2) is 82.1 Å². The highest BCUT2D eigenvalue weighted by atomic mass is 32.2. The first-order chi connectivity index (χ1) is 16.4. The number of carbonyl (C=O) groups is 1. The molecule has 4 aromatic rings. The van der Waals surface area contributed by atoms with Crippen LogP contribution in [0.4, 0.5) is 6.01 Å². The van der Waals surface area contributed by atoms with Gasteiger partial charge in [0.25, 0.3) is 5.91 Å². The second-order valence-corrected chi connectivity index (χ2v) is 10.1. The van der Waals surface area contributed by atoms with Gasteiger partial charge in [0.1, 0.15) is 0 Å². The van der Waals surface area contributed by atoms with Crippen LogP contribution in [-0.2, 0) is 23.0 Å². The quantitative estimate of drug-likeness (QED) is 0.468. The highest BCUT2D eigenvalue weighted by Gasteiger charge is 2.28. The number of hydrogen-bond acceptors (Lipinski definition) is 6. The Labute approximate surface area is 197 Å². The van der Waals surface area contributed by atoms with Crippen molar-refractivity contribution in [3.63, 3.8) is 0 Å². The van der Waals surface area contributed by atoms with Crippen LogP contribution >= 0.6 is 0 Å². The number of amides is 1. The van der Waals surface area contributed by atoms with Crippen molar-refractivity contribution in [1.29, 1.82) is 0 Å². The maximum Gasteiger partial charge on any atom is 0.322 e. The highest BCUT2D eigenvalue weighted by Crippen LogP contribution is 2.25. The van der Waals surface area contributed by atoms with Crippen molar-refractivity contribution in [2.24, 2.45) is 0 Å². The van der Waals surface area contributed by atoms with Gasteiger partial charge in [-0.2, -0.15) is 4.31 Å². The number of nitrogens with one attached hydrogen (secondary N) is 1. The Bertz CT molecular complexity index is 1450. The lowest BCUT2D eigenvalue weighted by atomic mass is 10.0. The van der Waals surface area contributed by atoms with Crippen molar-refractivity contribution in [2.75, 3.05) is 11.9 Å². The minimum Gasteiger partial charge on any atom is -0.403 e. The van der Waals surface area contributed by atoms with E-state index in [0.29, 0.717) is 25.4 Å². The molecule has 8 nitrogen and oxygen atoms in total. The largest absolute Gasteiger partial charge is 0.403 e. The number of benzene rings is 3. The van der Waals surface area contributed by atoms with Crippen LogP contribution in [0.3, 0.4) is 0 Å². The molecule has 1 aliphatic rings. The second-order valence-electron chi connectivity index (χ2n) is 8.11. The summed E-state index contributed by atoms with van der Waals surface area (Å²) in [5.74, 6) is -0.185. The van der Waals surface area contributed by atoms with Gasteiger partial charge >= 0.3 is 6.01 Å². The maximum atomic E-state index is 13.1. The summed E-state index contributed by atoms with van der Waals surface area (Å²) in [5, 5.41) is 10.4. The third-order valence-corrected chi connectivity index (χ3v) is 7.65. The molecule has 0 atom stereocenters. The fourth-order valence-corrected chi connectivity index (χ4v) is 5.28. The molecule has 1 aliphatic heterocycles. The molecule has 9 heteroatoms. The van der Waals surface area contributed by atoms with Crippen LogP contribution in [0.5, 0.6) is 0 Å². The summed E-state index contributed by atoms with van der Waals surface area (Å²) in [6.45, 7) is 2.73. The number of aromatic nitrogens is 2. The number of sulfonamides is 1. The molecule has 1 aromatic heterocycles. The molecule has 0 saturated carbocycles. The van der Waals surface area contributed by atoms with Crippen LogP contribution in [0.1, 0.15) is 27.0 Å². The van der Waals surface area contributed by atoms with Gasteiger partial charge in [-0.3, -0.25) is 10.1 Å². The van der Waals surface area contributed by atoms with E-state index in [1.54, 1.807) is 0 Å². The fourth-order valence-electron chi connectivity index (χ4n) is 3.86. The molecule has 1 amide bonds. The minimum atomic E-state index is -3.68. The van der Waals surface area contributed by atoms with Gasteiger partial charge < -0.3 is 4.42 Å². The third-order valence-electron chi connectivity index (χ3n) is 5.79. The van der Waals surface area contributed by atoms with Gasteiger partial charge in [0.05, 0.1) is 4.90 Å². The molecule has 0 unspecified atom stereocenters. The Morgan fingerprint density at radius 1 is 0.941 bits per heavy atom. The van der Waals surface area contributed by atoms with E-state index in [0.717, 1.165) is 16.7 Å². The monoisotopic (exact) mass is 474 g/mol. The molecule has 5 rings (SSSR count). The van der Waals surface area contributed by atoms with Gasteiger partial charge in [-0.25, -0.2) is 8.42 Å². The topological polar surface area (TPSA) is 105 Å². The van der Waals surface area contributed by atoms with Crippen LogP contribution in [0.2, 0.25) is 0 Å². The molecule has 34 heavy (non-hydrogen) atoms. The van der Waals surface area contributed by atoms with E-state index in [9.17, 15) is 13.2 Å². The number of carbonyl (C=O) groups excluding carboxylic acids is 1. The Balaban J connectivity index is 1.28. The number of anilines is 1. The van der Waals surface area contributed by atoms with Gasteiger partial charge in [0.15, 0.2) is 0 Å². The van der Waals surface area contributed by atoms with E-state index in [-0.39, 0.29) is 16.5 Å². The minimum absolute atomic E-state index is 0.0377. The maximum absolute atomic E-state index is 13.1. The molecular weight excluding hydrogens is 452 g/mol. The van der Waals surface area contributed by atoms with Gasteiger partial charge in [0, 0.05) is 24.2 Å². The second kappa shape index (κ2) is 8.85. The van der Waals surface area contributed by atoms with Gasteiger partial charge in [-0.05, 0) is 60.9 Å². The molecule has 0 saturated heterocycles. The van der Waals surface area contributed by atoms with Crippen molar-refractivity contribution in [3.05, 3.63) is 95.1 Å². The smallest absolute Gasteiger partial charge is 0.322 e. The number of hydrogen-bond donors (Lipinski definition) is 1. The molecular formula is C25H22N4O4S. The van der Waals surface area contributed by atoms with E-state index in [2.05, 4.69) is 15.5 Å². The van der Waals surface area contributed by atoms with Crippen LogP contribution < -0.4 is 5.32 Å². The van der Waals surface area contributed by atoms with Crippen molar-refractivity contribution in [3.8, 4) is 11.5 Å². The summed E-state index contributed by atoms with van der Waals surface area (Å²) < 4.78 is 33.2. The summed E-state index contributed by atoms with van der Waals surface area (Å²) in [4.78, 5) is 12.7. The lowest BCUT2D eigenvalue weighted by Gasteiger charge is -2.28. The zero-order valence-electron chi connectivity index (χ0n) is 18.4. The molecule has 0 spiro atoms. The van der Waals surface area contributed by atoms with Crippen molar-refractivity contribution in [2.45, 2.75) is 24.8 Å². The summed E-state index contributed by atoms with van der Waals surface area (Å²) in [6, 6.07) is 21.2. The number of nitrogens with zero attached hydrogens (tertiary/aromatic N) is 3. The lowest BCUT2D eigenvalue weighted by molar-refractivity contribution is 0.102. The van der Waals surface area contributed by atoms with E-state index in [1.807, 2.05) is 55.5 Å². The molecule has 3 aromatic carbocycles. The summed E-state index contributed by atoms with van der Waals surface area (Å²) >= 11 is 0. The first-order valence-electron chi connectivity index (χ1n) is 10.8. The molecule has 0 radical (unpaired) electrons. The summed E-state index contributed by atoms with van der Waals surface area (Å²) in [6.07, 6.45) is 0.671. The summed E-state index contributed by atoms with van der Waals surface area (Å²) in [5.41, 5.74) is 4.31. The van der Waals surface area contributed by atoms with Gasteiger partial charge in [-0.15, -0.1) is 5.10 Å². The number of rotatable bonds is 5. The third kappa shape index (κ3) is 4.35. The standard InChI is InChI=1S/C25H22N4O4S/c1-17-6-8-20(9-7-17)24-27-28-25(33-24)26-23(30)19-10-12-22(13-11-19)34(31,32)29-15-14-18-4-2-3-5-21(18)16-29/h2-13H,14-16H2,1H3,(H,26,28,30). The van der Waals surface area contributed by atoms with Gasteiger partial charge in [0.2, 0.25) is 15.9 Å². The van der Waals surface area contributed by atoms with Crippen LogP contribution in [-0.4, -0.2) is 35.4 Å². The van der Waals surface area contributed by atoms with E-state index in [4.69, 9.17) is 4.42 Å². The molecule has 172 valence electrons. The van der Waals surface area contributed by atoms with Crippen molar-refractivity contribution in [1.82, 2.24) is 14.5 Å². The highest BCUT2D eigenvalue weighted by molar-refractivity contribution is 7.89. The molecule has 0 aliphatic carbocycles. The van der Waals surface area contributed by atoms with Crippen molar-refractivity contribution >= 4 is 21.9 Å². The van der Waals surface area contributed by atoms with E-state index >= 15 is 0 Å². The Morgan fingerprint density at radius 3 is 2.38 bits per heavy atom. The Morgan fingerprint density at radius 2 is 1.65 bits per heavy atom. The van der Waals surface area contributed by atoms with Crippen LogP contribution in [0, 0.1) is 6.92 Å². The zero-order chi connectivity index (χ0) is 23.7. The average Bonchev–Trinajstić information content (AvgIpc) is 3.32. The first-order valence-corrected chi connectivity index (χ1v) is 12.2. The van der Waals surface area contributed by atoms with Gasteiger partial charge in [-0.1, -0.05) is 47.1 Å². The average molecular weight is 475 g/mol. The molecule has 2 heterocycles. The van der Waals surface area contributed by atoms with E-state index < -0.39 is 15.9 Å². The fraction of sp³-hybridized carbons (Fsp3) is 0.160. The number of fused-ring (bicyclic) bond motifs is 1.